The number of esters is 1. The molecule has 2 rings (SSSR count). The van der Waals surface area contributed by atoms with Gasteiger partial charge in [0.2, 0.25) is 0 Å². The lowest BCUT2D eigenvalue weighted by Gasteiger charge is -2.07. The molecule has 0 atom stereocenters. The summed E-state index contributed by atoms with van der Waals surface area (Å²) in [6.07, 6.45) is 1.50. The molecule has 0 bridgehead atoms. The minimum atomic E-state index is -0.691. The summed E-state index contributed by atoms with van der Waals surface area (Å²) in [4.78, 5) is 34.9. The molecule has 1 aromatic carbocycles. The first-order chi connectivity index (χ1) is 11.5. The monoisotopic (exact) mass is 330 g/mol. The summed E-state index contributed by atoms with van der Waals surface area (Å²) < 4.78 is 9.84. The minimum absolute atomic E-state index is 0.216. The van der Waals surface area contributed by atoms with E-state index >= 15 is 0 Å². The van der Waals surface area contributed by atoms with E-state index in [0.717, 1.165) is 5.56 Å². The number of furan rings is 1. The fraction of sp³-hybridized carbons (Fsp3) is 0.235. The Bertz CT molecular complexity index is 710. The van der Waals surface area contributed by atoms with Crippen LogP contribution in [0.15, 0.2) is 47.1 Å². The third-order valence-electron chi connectivity index (χ3n) is 3.08. The maximum atomic E-state index is 11.9. The fourth-order valence-electron chi connectivity index (χ4n) is 1.89. The summed E-state index contributed by atoms with van der Waals surface area (Å²) in [5.74, 6) is -0.924. The molecule has 0 saturated carbocycles. The van der Waals surface area contributed by atoms with Crippen molar-refractivity contribution in [3.8, 4) is 0 Å². The van der Waals surface area contributed by atoms with Crippen LogP contribution >= 0.6 is 0 Å². The Hall–Kier alpha value is -3.09. The minimum Gasteiger partial charge on any atom is -0.467 e. The molecule has 2 amide bonds. The van der Waals surface area contributed by atoms with Gasteiger partial charge in [-0.25, -0.2) is 0 Å². The molecule has 1 aromatic heterocycles. The number of carbonyl (C=O) groups is 3. The zero-order chi connectivity index (χ0) is 17.4. The second-order valence-electron chi connectivity index (χ2n) is 5.07. The van der Waals surface area contributed by atoms with Gasteiger partial charge in [0.15, 0.2) is 6.61 Å². The molecule has 0 radical (unpaired) electrons. The molecule has 1 heterocycles. The van der Waals surface area contributed by atoms with Crippen LogP contribution in [-0.2, 0) is 20.9 Å². The van der Waals surface area contributed by atoms with Crippen LogP contribution in [0.4, 0.5) is 0 Å². The van der Waals surface area contributed by atoms with E-state index in [-0.39, 0.29) is 19.0 Å². The Morgan fingerprint density at radius 1 is 1.12 bits per heavy atom. The molecular weight excluding hydrogens is 312 g/mol. The van der Waals surface area contributed by atoms with Gasteiger partial charge >= 0.3 is 5.97 Å². The van der Waals surface area contributed by atoms with E-state index in [1.54, 1.807) is 30.3 Å². The molecule has 0 aliphatic rings. The fourth-order valence-corrected chi connectivity index (χ4v) is 1.89. The van der Waals surface area contributed by atoms with Crippen molar-refractivity contribution in [3.05, 3.63) is 59.5 Å². The molecular formula is C17H18N2O5. The van der Waals surface area contributed by atoms with Crippen LogP contribution in [0.3, 0.4) is 0 Å². The summed E-state index contributed by atoms with van der Waals surface area (Å²) in [5.41, 5.74) is 1.40. The Morgan fingerprint density at radius 2 is 1.96 bits per heavy atom. The van der Waals surface area contributed by atoms with Crippen molar-refractivity contribution in [1.29, 1.82) is 0 Å². The van der Waals surface area contributed by atoms with Gasteiger partial charge in [-0.15, -0.1) is 0 Å². The van der Waals surface area contributed by atoms with E-state index < -0.39 is 18.5 Å². The van der Waals surface area contributed by atoms with Crippen LogP contribution in [0, 0.1) is 6.92 Å². The lowest BCUT2D eigenvalue weighted by Crippen LogP contribution is -2.33. The van der Waals surface area contributed by atoms with Crippen LogP contribution < -0.4 is 10.6 Å². The van der Waals surface area contributed by atoms with Gasteiger partial charge in [-0.1, -0.05) is 17.7 Å². The molecule has 7 nitrogen and oxygen atoms in total. The number of carbonyl (C=O) groups excluding carboxylic acids is 3. The number of aryl methyl sites for hydroxylation is 1. The first-order valence-corrected chi connectivity index (χ1v) is 7.34. The van der Waals surface area contributed by atoms with Crippen molar-refractivity contribution in [1.82, 2.24) is 10.6 Å². The molecule has 0 spiro atoms. The summed E-state index contributed by atoms with van der Waals surface area (Å²) in [6, 6.07) is 10.4. The normalized spacial score (nSPS) is 10.0. The van der Waals surface area contributed by atoms with E-state index in [4.69, 9.17) is 9.15 Å². The average Bonchev–Trinajstić information content (AvgIpc) is 3.09. The highest BCUT2D eigenvalue weighted by Crippen LogP contribution is 2.03. The standard InChI is InChI=1S/C17H18N2O5/c1-12-4-2-5-13(8-12)17(22)19-10-16(21)24-11-15(20)18-9-14-6-3-7-23-14/h2-8H,9-11H2,1H3,(H,18,20)(H,19,22). The van der Waals surface area contributed by atoms with Gasteiger partial charge < -0.3 is 19.8 Å². The highest BCUT2D eigenvalue weighted by Gasteiger charge is 2.11. The molecule has 0 fully saturated rings. The van der Waals surface area contributed by atoms with Crippen LogP contribution in [0.25, 0.3) is 0 Å². The van der Waals surface area contributed by atoms with Crippen molar-refractivity contribution in [2.24, 2.45) is 0 Å². The topological polar surface area (TPSA) is 97.6 Å². The van der Waals surface area contributed by atoms with E-state index in [9.17, 15) is 14.4 Å². The number of hydrogen-bond acceptors (Lipinski definition) is 5. The van der Waals surface area contributed by atoms with Gasteiger partial charge in [0.05, 0.1) is 12.8 Å². The van der Waals surface area contributed by atoms with Gasteiger partial charge in [-0.2, -0.15) is 0 Å². The van der Waals surface area contributed by atoms with Gasteiger partial charge in [0.1, 0.15) is 12.3 Å². The quantitative estimate of drug-likeness (QED) is 0.743. The van der Waals surface area contributed by atoms with Gasteiger partial charge in [0, 0.05) is 5.56 Å². The zero-order valence-electron chi connectivity index (χ0n) is 13.2. The van der Waals surface area contributed by atoms with Crippen molar-refractivity contribution in [2.45, 2.75) is 13.5 Å². The van der Waals surface area contributed by atoms with Crippen LogP contribution in [0.1, 0.15) is 21.7 Å². The third kappa shape index (κ3) is 5.60. The summed E-state index contributed by atoms with van der Waals surface area (Å²) >= 11 is 0. The summed E-state index contributed by atoms with van der Waals surface area (Å²) in [5, 5.41) is 4.98. The maximum absolute atomic E-state index is 11.9. The maximum Gasteiger partial charge on any atom is 0.325 e. The summed E-state index contributed by atoms with van der Waals surface area (Å²) in [6.45, 7) is 1.36. The lowest BCUT2D eigenvalue weighted by atomic mass is 10.1. The Kier molecular flexibility index (Phi) is 6.13. The number of amides is 2. The van der Waals surface area contributed by atoms with E-state index in [1.165, 1.54) is 6.26 Å². The molecule has 24 heavy (non-hydrogen) atoms. The molecule has 7 heteroatoms. The van der Waals surface area contributed by atoms with Crippen LogP contribution in [-0.4, -0.2) is 30.9 Å². The SMILES string of the molecule is Cc1cccc(C(=O)NCC(=O)OCC(=O)NCc2ccco2)c1. The van der Waals surface area contributed by atoms with E-state index in [0.29, 0.717) is 11.3 Å². The van der Waals surface area contributed by atoms with Gasteiger partial charge in [0.25, 0.3) is 11.8 Å². The van der Waals surface area contributed by atoms with Crippen LogP contribution in [0.5, 0.6) is 0 Å². The number of nitrogens with one attached hydrogen (secondary N) is 2. The van der Waals surface area contributed by atoms with E-state index in [1.807, 2.05) is 13.0 Å². The predicted molar refractivity (Wildman–Crippen MR) is 85.0 cm³/mol. The van der Waals surface area contributed by atoms with Gasteiger partial charge in [-0.05, 0) is 31.2 Å². The molecule has 0 saturated heterocycles. The first-order valence-electron chi connectivity index (χ1n) is 7.34. The first kappa shape index (κ1) is 17.3. The highest BCUT2D eigenvalue weighted by molar-refractivity contribution is 5.96. The Morgan fingerprint density at radius 3 is 2.67 bits per heavy atom. The summed E-state index contributed by atoms with van der Waals surface area (Å²) in [7, 11) is 0. The smallest absolute Gasteiger partial charge is 0.325 e. The molecule has 0 unspecified atom stereocenters. The average molecular weight is 330 g/mol. The number of ether oxygens (including phenoxy) is 1. The molecule has 2 N–H and O–H groups in total. The third-order valence-corrected chi connectivity index (χ3v) is 3.08. The molecule has 126 valence electrons. The van der Waals surface area contributed by atoms with Gasteiger partial charge in [-0.3, -0.25) is 14.4 Å². The van der Waals surface area contributed by atoms with Crippen molar-refractivity contribution in [2.75, 3.05) is 13.2 Å². The number of hydrogen-bond donors (Lipinski definition) is 2. The zero-order valence-corrected chi connectivity index (χ0v) is 13.2. The number of benzene rings is 1. The lowest BCUT2D eigenvalue weighted by molar-refractivity contribution is -0.147. The largest absolute Gasteiger partial charge is 0.467 e. The Balaban J connectivity index is 1.65. The van der Waals surface area contributed by atoms with Crippen LogP contribution in [0.2, 0.25) is 0 Å². The Labute approximate surface area is 139 Å². The van der Waals surface area contributed by atoms with Crippen molar-refractivity contribution < 1.29 is 23.5 Å². The molecule has 0 aliphatic heterocycles. The number of rotatable bonds is 7. The molecule has 2 aromatic rings. The second kappa shape index (κ2) is 8.52. The van der Waals surface area contributed by atoms with Crippen molar-refractivity contribution >= 4 is 17.8 Å². The van der Waals surface area contributed by atoms with Crippen molar-refractivity contribution in [3.63, 3.8) is 0 Å². The van der Waals surface area contributed by atoms with E-state index in [2.05, 4.69) is 10.6 Å². The second-order valence-corrected chi connectivity index (χ2v) is 5.07. The predicted octanol–water partition coefficient (Wildman–Crippen LogP) is 1.18. The highest BCUT2D eigenvalue weighted by atomic mass is 16.5. The molecule has 0 aliphatic carbocycles.